The molecule has 1 saturated heterocycles. The molecule has 0 bridgehead atoms. The predicted molar refractivity (Wildman–Crippen MR) is 98.3 cm³/mol. The molecule has 0 aliphatic carbocycles. The normalized spacial score (nSPS) is 21.3. The number of thiocarbonyl (C=S) groups is 1. The maximum Gasteiger partial charge on any atom is 0.376 e. The van der Waals surface area contributed by atoms with E-state index >= 15 is 0 Å². The quantitative estimate of drug-likeness (QED) is 0.620. The Morgan fingerprint density at radius 1 is 1.04 bits per heavy atom. The van der Waals surface area contributed by atoms with Crippen LogP contribution in [0.2, 0.25) is 0 Å². The zero-order chi connectivity index (χ0) is 18.1. The molecule has 26 heavy (non-hydrogen) atoms. The highest BCUT2D eigenvalue weighted by atomic mass is 32.1. The van der Waals surface area contributed by atoms with Crippen molar-refractivity contribution >= 4 is 46.3 Å². The van der Waals surface area contributed by atoms with Crippen molar-refractivity contribution in [2.75, 3.05) is 5.01 Å². The SMILES string of the molecule is O=C1ONN(c2ccccc2)C1=CC1=NC(=S)[NH+](c2ccccc2)C1=O. The minimum absolute atomic E-state index is 0.102. The molecular formula is C18H13N4O3S+. The summed E-state index contributed by atoms with van der Waals surface area (Å²) in [5.74, 6) is -0.926. The Labute approximate surface area is 154 Å². The smallest absolute Gasteiger partial charge is 0.345 e. The molecule has 0 spiro atoms. The van der Waals surface area contributed by atoms with Gasteiger partial charge in [-0.1, -0.05) is 42.0 Å². The molecule has 2 N–H and O–H groups in total. The van der Waals surface area contributed by atoms with Gasteiger partial charge in [-0.3, -0.25) is 0 Å². The third-order valence-corrected chi connectivity index (χ3v) is 4.22. The minimum atomic E-state index is -0.608. The number of nitrogens with zero attached hydrogens (tertiary/aromatic N) is 2. The van der Waals surface area contributed by atoms with E-state index in [-0.39, 0.29) is 22.4 Å². The Hall–Kier alpha value is -3.20. The summed E-state index contributed by atoms with van der Waals surface area (Å²) in [6.45, 7) is 0. The number of hydrogen-bond acceptors (Lipinski definition) is 6. The van der Waals surface area contributed by atoms with E-state index in [9.17, 15) is 9.59 Å². The maximum absolute atomic E-state index is 12.8. The number of benzene rings is 2. The number of nitrogens with one attached hydrogen (secondary N) is 2. The van der Waals surface area contributed by atoms with Crippen molar-refractivity contribution in [2.24, 2.45) is 4.99 Å². The molecule has 2 aromatic carbocycles. The Balaban J connectivity index is 1.67. The number of para-hydroxylation sites is 2. The van der Waals surface area contributed by atoms with Gasteiger partial charge in [0.2, 0.25) is 0 Å². The number of aliphatic imine (C=N–C) groups is 1. The van der Waals surface area contributed by atoms with Crippen LogP contribution in [0.3, 0.4) is 0 Å². The first kappa shape index (κ1) is 16.3. The second-order valence-corrected chi connectivity index (χ2v) is 5.94. The van der Waals surface area contributed by atoms with Gasteiger partial charge in [0, 0.05) is 30.4 Å². The van der Waals surface area contributed by atoms with Gasteiger partial charge in [-0.2, -0.15) is 9.89 Å². The van der Waals surface area contributed by atoms with Crippen molar-refractivity contribution in [3.8, 4) is 0 Å². The summed E-state index contributed by atoms with van der Waals surface area (Å²) in [6, 6.07) is 18.2. The van der Waals surface area contributed by atoms with Crippen molar-refractivity contribution in [1.82, 2.24) is 5.59 Å². The summed E-state index contributed by atoms with van der Waals surface area (Å²) in [7, 11) is 0. The van der Waals surface area contributed by atoms with E-state index in [2.05, 4.69) is 10.6 Å². The number of carbonyl (C=O) groups is 2. The average Bonchev–Trinajstić information content (AvgIpc) is 3.16. The van der Waals surface area contributed by atoms with Crippen LogP contribution < -0.4 is 15.5 Å². The highest BCUT2D eigenvalue weighted by Gasteiger charge is 2.39. The molecule has 1 fully saturated rings. The van der Waals surface area contributed by atoms with Gasteiger partial charge >= 0.3 is 17.0 Å². The van der Waals surface area contributed by atoms with E-state index < -0.39 is 5.97 Å². The van der Waals surface area contributed by atoms with Gasteiger partial charge < -0.3 is 4.84 Å². The molecule has 0 aromatic heterocycles. The molecule has 2 aliphatic heterocycles. The van der Waals surface area contributed by atoms with Crippen LogP contribution in [-0.2, 0) is 14.4 Å². The number of quaternary nitrogens is 1. The highest BCUT2D eigenvalue weighted by Crippen LogP contribution is 2.21. The minimum Gasteiger partial charge on any atom is -0.345 e. The molecule has 2 aromatic rings. The van der Waals surface area contributed by atoms with Crippen molar-refractivity contribution in [3.63, 3.8) is 0 Å². The fourth-order valence-corrected chi connectivity index (χ4v) is 3.01. The number of anilines is 1. The summed E-state index contributed by atoms with van der Waals surface area (Å²) in [5.41, 5.74) is 4.17. The van der Waals surface area contributed by atoms with E-state index in [1.807, 2.05) is 36.4 Å². The van der Waals surface area contributed by atoms with Gasteiger partial charge in [0.25, 0.3) is 0 Å². The van der Waals surface area contributed by atoms with Gasteiger partial charge in [-0.25, -0.2) is 14.6 Å². The Kier molecular flexibility index (Phi) is 4.13. The molecule has 1 unspecified atom stereocenters. The molecule has 0 saturated carbocycles. The molecule has 2 heterocycles. The van der Waals surface area contributed by atoms with Gasteiger partial charge in [0.05, 0.1) is 5.69 Å². The Morgan fingerprint density at radius 2 is 1.69 bits per heavy atom. The summed E-state index contributed by atoms with van der Waals surface area (Å²) >= 11 is 5.25. The van der Waals surface area contributed by atoms with Gasteiger partial charge in [-0.05, 0) is 12.1 Å². The zero-order valence-electron chi connectivity index (χ0n) is 13.4. The number of carbonyl (C=O) groups excluding carboxylic acids is 2. The van der Waals surface area contributed by atoms with Crippen molar-refractivity contribution < 1.29 is 19.3 Å². The molecule has 2 aliphatic rings. The van der Waals surface area contributed by atoms with Gasteiger partial charge in [0.1, 0.15) is 5.69 Å². The van der Waals surface area contributed by atoms with Crippen molar-refractivity contribution in [3.05, 3.63) is 72.4 Å². The molecule has 4 rings (SSSR count). The first-order chi connectivity index (χ1) is 12.6. The molecule has 1 amide bonds. The summed E-state index contributed by atoms with van der Waals surface area (Å²) in [4.78, 5) is 34.3. The van der Waals surface area contributed by atoms with Crippen LogP contribution in [0.25, 0.3) is 0 Å². The molecule has 0 radical (unpaired) electrons. The monoisotopic (exact) mass is 365 g/mol. The Bertz CT molecular complexity index is 957. The lowest BCUT2D eigenvalue weighted by Crippen LogP contribution is -3.11. The number of amides is 1. The molecule has 128 valence electrons. The van der Waals surface area contributed by atoms with Crippen LogP contribution in [0.4, 0.5) is 11.4 Å². The van der Waals surface area contributed by atoms with E-state index in [1.54, 1.807) is 24.3 Å². The predicted octanol–water partition coefficient (Wildman–Crippen LogP) is 0.836. The molecule has 1 atom stereocenters. The van der Waals surface area contributed by atoms with E-state index in [0.717, 1.165) is 0 Å². The van der Waals surface area contributed by atoms with Crippen molar-refractivity contribution in [2.45, 2.75) is 0 Å². The molecule has 8 heteroatoms. The lowest BCUT2D eigenvalue weighted by atomic mass is 10.2. The van der Waals surface area contributed by atoms with E-state index in [0.29, 0.717) is 16.3 Å². The first-order valence-corrected chi connectivity index (χ1v) is 8.20. The maximum atomic E-state index is 12.8. The summed E-state index contributed by atoms with van der Waals surface area (Å²) in [6.07, 6.45) is 1.39. The second kappa shape index (κ2) is 6.60. The van der Waals surface area contributed by atoms with Gasteiger partial charge in [-0.15, -0.1) is 0 Å². The first-order valence-electron chi connectivity index (χ1n) is 7.79. The third-order valence-electron chi connectivity index (χ3n) is 3.93. The highest BCUT2D eigenvalue weighted by molar-refractivity contribution is 7.80. The van der Waals surface area contributed by atoms with Crippen LogP contribution in [0.15, 0.2) is 77.4 Å². The lowest BCUT2D eigenvalue weighted by Gasteiger charge is -2.14. The number of hydrogen-bond donors (Lipinski definition) is 2. The standard InChI is InChI=1S/C18H12N4O3S/c23-16-14(19-18(26)21(16)12-7-3-1-4-8-12)11-15-17(24)25-20-22(15)13-9-5-2-6-10-13/h1-11,20H/p+1. The Morgan fingerprint density at radius 3 is 2.38 bits per heavy atom. The van der Waals surface area contributed by atoms with E-state index in [1.165, 1.54) is 11.1 Å². The lowest BCUT2D eigenvalue weighted by molar-refractivity contribution is -0.631. The number of hydrazine groups is 1. The third kappa shape index (κ3) is 2.82. The van der Waals surface area contributed by atoms with Gasteiger partial charge in [0.15, 0.2) is 11.4 Å². The summed E-state index contributed by atoms with van der Waals surface area (Å²) in [5, 5.41) is 1.65. The summed E-state index contributed by atoms with van der Waals surface area (Å²) < 4.78 is 0. The van der Waals surface area contributed by atoms with Crippen LogP contribution in [0.5, 0.6) is 0 Å². The molecular weight excluding hydrogens is 352 g/mol. The van der Waals surface area contributed by atoms with Crippen LogP contribution in [-0.4, -0.2) is 22.7 Å². The molecule has 7 nitrogen and oxygen atoms in total. The van der Waals surface area contributed by atoms with Crippen LogP contribution >= 0.6 is 12.2 Å². The number of rotatable bonds is 3. The second-order valence-electron chi connectivity index (χ2n) is 5.55. The van der Waals surface area contributed by atoms with Crippen LogP contribution in [0.1, 0.15) is 0 Å². The largest absolute Gasteiger partial charge is 0.376 e. The fourth-order valence-electron chi connectivity index (χ4n) is 2.70. The van der Waals surface area contributed by atoms with E-state index in [4.69, 9.17) is 17.1 Å². The zero-order valence-corrected chi connectivity index (χ0v) is 14.2. The fraction of sp³-hybridized carbons (Fsp3) is 0. The van der Waals surface area contributed by atoms with Crippen LogP contribution in [0, 0.1) is 0 Å². The topological polar surface area (TPSA) is 75.4 Å². The van der Waals surface area contributed by atoms with Crippen molar-refractivity contribution in [1.29, 1.82) is 0 Å². The average molecular weight is 365 g/mol.